The number of hydrogen-bond donors (Lipinski definition) is 0. The molecule has 6 nitrogen and oxygen atoms in total. The van der Waals surface area contributed by atoms with Crippen molar-refractivity contribution in [1.82, 2.24) is 4.90 Å². The fourth-order valence-electron chi connectivity index (χ4n) is 4.52. The minimum absolute atomic E-state index is 0.0269. The third kappa shape index (κ3) is 3.85. The maximum absolute atomic E-state index is 13.1. The second kappa shape index (κ2) is 7.09. The van der Waals surface area contributed by atoms with Crippen molar-refractivity contribution in [3.05, 3.63) is 29.3 Å². The van der Waals surface area contributed by atoms with E-state index in [4.69, 9.17) is 9.47 Å². The normalized spacial score (nSPS) is 27.9. The lowest BCUT2D eigenvalue weighted by Gasteiger charge is -2.37. The summed E-state index contributed by atoms with van der Waals surface area (Å²) in [6.07, 6.45) is 2.36. The van der Waals surface area contributed by atoms with Crippen LogP contribution in [0.15, 0.2) is 18.2 Å². The van der Waals surface area contributed by atoms with Gasteiger partial charge < -0.3 is 14.4 Å². The Balaban J connectivity index is 1.52. The number of sulfone groups is 1. The van der Waals surface area contributed by atoms with Gasteiger partial charge in [-0.05, 0) is 48.8 Å². The van der Waals surface area contributed by atoms with Crippen LogP contribution >= 0.6 is 0 Å². The molecule has 1 aromatic rings. The zero-order chi connectivity index (χ0) is 19.2. The summed E-state index contributed by atoms with van der Waals surface area (Å²) < 4.78 is 35.0. The first-order valence-corrected chi connectivity index (χ1v) is 11.5. The molecule has 3 atom stereocenters. The van der Waals surface area contributed by atoms with E-state index < -0.39 is 9.84 Å². The monoisotopic (exact) mass is 393 g/mol. The van der Waals surface area contributed by atoms with E-state index in [9.17, 15) is 13.2 Å². The molecule has 1 amide bonds. The molecule has 2 saturated heterocycles. The van der Waals surface area contributed by atoms with Crippen LogP contribution in [0.4, 0.5) is 0 Å². The topological polar surface area (TPSA) is 72.9 Å². The zero-order valence-corrected chi connectivity index (χ0v) is 16.7. The Morgan fingerprint density at radius 1 is 1.33 bits per heavy atom. The maximum Gasteiger partial charge on any atom is 0.223 e. The molecule has 148 valence electrons. The quantitative estimate of drug-likeness (QED) is 0.764. The van der Waals surface area contributed by atoms with Crippen molar-refractivity contribution in [2.24, 2.45) is 5.92 Å². The molecule has 0 aromatic heterocycles. The number of hydrogen-bond acceptors (Lipinski definition) is 5. The Labute approximate surface area is 160 Å². The van der Waals surface area contributed by atoms with Gasteiger partial charge in [-0.25, -0.2) is 8.42 Å². The van der Waals surface area contributed by atoms with Gasteiger partial charge in [0.1, 0.15) is 5.75 Å². The average Bonchev–Trinajstić information content (AvgIpc) is 3.40. The summed E-state index contributed by atoms with van der Waals surface area (Å²) in [5.41, 5.74) is 2.24. The van der Waals surface area contributed by atoms with Crippen LogP contribution in [-0.4, -0.2) is 63.1 Å². The highest BCUT2D eigenvalue weighted by Crippen LogP contribution is 2.45. The fourth-order valence-corrected chi connectivity index (χ4v) is 6.39. The predicted molar refractivity (Wildman–Crippen MR) is 102 cm³/mol. The van der Waals surface area contributed by atoms with Gasteiger partial charge in [-0.1, -0.05) is 12.1 Å². The van der Waals surface area contributed by atoms with Gasteiger partial charge in [0.25, 0.3) is 0 Å². The molecule has 0 spiro atoms. The van der Waals surface area contributed by atoms with Crippen molar-refractivity contribution in [2.75, 3.05) is 31.8 Å². The summed E-state index contributed by atoms with van der Waals surface area (Å²) in [4.78, 5) is 14.9. The Morgan fingerprint density at radius 2 is 2.11 bits per heavy atom. The van der Waals surface area contributed by atoms with Crippen molar-refractivity contribution in [3.8, 4) is 5.75 Å². The van der Waals surface area contributed by atoms with E-state index in [1.165, 1.54) is 5.56 Å². The summed E-state index contributed by atoms with van der Waals surface area (Å²) in [6.45, 7) is 2.91. The summed E-state index contributed by atoms with van der Waals surface area (Å²) in [6, 6.07) is 5.83. The third-order valence-corrected chi connectivity index (χ3v) is 7.78. The predicted octanol–water partition coefficient (Wildman–Crippen LogP) is 1.91. The number of benzene rings is 1. The third-order valence-electron chi connectivity index (χ3n) is 6.09. The highest BCUT2D eigenvalue weighted by atomic mass is 32.2. The molecule has 1 aromatic carbocycles. The van der Waals surface area contributed by atoms with Crippen LogP contribution in [0.25, 0.3) is 0 Å². The molecule has 3 unspecified atom stereocenters. The first-order valence-electron chi connectivity index (χ1n) is 9.64. The molecule has 2 aliphatic heterocycles. The molecule has 3 fully saturated rings. The maximum atomic E-state index is 13.1. The van der Waals surface area contributed by atoms with E-state index in [2.05, 4.69) is 12.1 Å². The summed E-state index contributed by atoms with van der Waals surface area (Å²) >= 11 is 0. The van der Waals surface area contributed by atoms with E-state index in [1.807, 2.05) is 13.0 Å². The van der Waals surface area contributed by atoms with E-state index in [0.29, 0.717) is 25.5 Å². The van der Waals surface area contributed by atoms with Crippen molar-refractivity contribution in [2.45, 2.75) is 44.2 Å². The molecule has 1 saturated carbocycles. The SMILES string of the molecule is COc1ccc(C(CC(=O)N2CCOC3CS(=O)(=O)CC32)C2CC2)cc1C. The standard InChI is InChI=1S/C20H27NO5S/c1-13-9-15(5-6-18(13)25-2)16(14-3-4-14)10-20(22)21-7-8-26-19-12-27(23,24)11-17(19)21/h5-6,9,14,16-17,19H,3-4,7-8,10-12H2,1-2H3. The summed E-state index contributed by atoms with van der Waals surface area (Å²) in [5, 5.41) is 0. The van der Waals surface area contributed by atoms with E-state index in [0.717, 1.165) is 24.2 Å². The van der Waals surface area contributed by atoms with Gasteiger partial charge in [0.05, 0.1) is 37.4 Å². The van der Waals surface area contributed by atoms with Gasteiger partial charge >= 0.3 is 0 Å². The van der Waals surface area contributed by atoms with Crippen LogP contribution < -0.4 is 4.74 Å². The van der Waals surface area contributed by atoms with E-state index in [-0.39, 0.29) is 35.5 Å². The molecular weight excluding hydrogens is 366 g/mol. The largest absolute Gasteiger partial charge is 0.496 e. The van der Waals surface area contributed by atoms with Crippen LogP contribution in [0.1, 0.15) is 36.3 Å². The molecule has 7 heteroatoms. The molecule has 2 heterocycles. The van der Waals surface area contributed by atoms with Crippen molar-refractivity contribution < 1.29 is 22.7 Å². The molecule has 1 aliphatic carbocycles. The second-order valence-corrected chi connectivity index (χ2v) is 10.2. The Bertz CT molecular complexity index is 833. The number of nitrogens with zero attached hydrogens (tertiary/aromatic N) is 1. The Morgan fingerprint density at radius 3 is 2.78 bits per heavy atom. The Kier molecular flexibility index (Phi) is 4.93. The lowest BCUT2D eigenvalue weighted by Crippen LogP contribution is -2.53. The van der Waals surface area contributed by atoms with Gasteiger partial charge in [-0.3, -0.25) is 4.79 Å². The van der Waals surface area contributed by atoms with E-state index in [1.54, 1.807) is 12.0 Å². The summed E-state index contributed by atoms with van der Waals surface area (Å²) in [7, 11) is -1.46. The zero-order valence-electron chi connectivity index (χ0n) is 15.9. The number of ether oxygens (including phenoxy) is 2. The van der Waals surface area contributed by atoms with Gasteiger partial charge in [-0.15, -0.1) is 0 Å². The van der Waals surface area contributed by atoms with Crippen LogP contribution in [-0.2, 0) is 19.4 Å². The minimum atomic E-state index is -3.13. The molecule has 0 bridgehead atoms. The van der Waals surface area contributed by atoms with Crippen molar-refractivity contribution in [3.63, 3.8) is 0 Å². The molecule has 3 aliphatic rings. The van der Waals surface area contributed by atoms with Crippen molar-refractivity contribution in [1.29, 1.82) is 0 Å². The highest BCUT2D eigenvalue weighted by Gasteiger charge is 2.46. The average molecular weight is 394 g/mol. The highest BCUT2D eigenvalue weighted by molar-refractivity contribution is 7.91. The lowest BCUT2D eigenvalue weighted by molar-refractivity contribution is -0.143. The first-order chi connectivity index (χ1) is 12.9. The fraction of sp³-hybridized carbons (Fsp3) is 0.650. The number of carbonyl (C=O) groups excluding carboxylic acids is 1. The number of amides is 1. The molecule has 4 rings (SSSR count). The first kappa shape index (κ1) is 18.7. The number of rotatable bonds is 5. The van der Waals surface area contributed by atoms with Crippen LogP contribution in [0, 0.1) is 12.8 Å². The number of morpholine rings is 1. The number of carbonyl (C=O) groups is 1. The smallest absolute Gasteiger partial charge is 0.223 e. The van der Waals surface area contributed by atoms with Gasteiger partial charge in [0.2, 0.25) is 5.91 Å². The van der Waals surface area contributed by atoms with Gasteiger partial charge in [0.15, 0.2) is 9.84 Å². The number of methoxy groups -OCH3 is 1. The Hall–Kier alpha value is -1.60. The number of fused-ring (bicyclic) bond motifs is 1. The van der Waals surface area contributed by atoms with Crippen LogP contribution in [0.5, 0.6) is 5.75 Å². The van der Waals surface area contributed by atoms with Crippen LogP contribution in [0.2, 0.25) is 0 Å². The molecule has 27 heavy (non-hydrogen) atoms. The summed E-state index contributed by atoms with van der Waals surface area (Å²) in [5.74, 6) is 1.68. The van der Waals surface area contributed by atoms with E-state index >= 15 is 0 Å². The van der Waals surface area contributed by atoms with Crippen molar-refractivity contribution >= 4 is 15.7 Å². The van der Waals surface area contributed by atoms with Crippen LogP contribution in [0.3, 0.4) is 0 Å². The molecular formula is C20H27NO5S. The second-order valence-electron chi connectivity index (χ2n) is 8.02. The van der Waals surface area contributed by atoms with Gasteiger partial charge in [-0.2, -0.15) is 0 Å². The minimum Gasteiger partial charge on any atom is -0.496 e. The molecule has 0 N–H and O–H groups in total. The number of aryl methyl sites for hydroxylation is 1. The van der Waals surface area contributed by atoms with Gasteiger partial charge in [0, 0.05) is 13.0 Å². The molecule has 0 radical (unpaired) electrons. The lowest BCUT2D eigenvalue weighted by atomic mass is 9.89.